The third-order valence-corrected chi connectivity index (χ3v) is 5.26. The van der Waals surface area contributed by atoms with Crippen molar-refractivity contribution >= 4 is 0 Å². The smallest absolute Gasteiger partial charge is 0.0169 e. The van der Waals surface area contributed by atoms with Crippen molar-refractivity contribution in [3.05, 3.63) is 0 Å². The van der Waals surface area contributed by atoms with Crippen molar-refractivity contribution in [2.24, 2.45) is 0 Å². The Balaban J connectivity index is 0.000000240. The molecule has 4 nitrogen and oxygen atoms in total. The second-order valence-electron chi connectivity index (χ2n) is 8.26. The highest BCUT2D eigenvalue weighted by molar-refractivity contribution is 4.83. The molecule has 4 heteroatoms. The first kappa shape index (κ1) is 21.9. The molecule has 2 N–H and O–H groups in total. The van der Waals surface area contributed by atoms with Crippen molar-refractivity contribution in [1.82, 2.24) is 20.4 Å². The van der Waals surface area contributed by atoms with Gasteiger partial charge in [0, 0.05) is 56.4 Å². The fourth-order valence-electron chi connectivity index (χ4n) is 3.99. The summed E-state index contributed by atoms with van der Waals surface area (Å²) in [4.78, 5) is 5.17. The van der Waals surface area contributed by atoms with Crippen LogP contribution in [0.2, 0.25) is 0 Å². The molecule has 0 amide bonds. The highest BCUT2D eigenvalue weighted by atomic mass is 15.2. The number of unbranched alkanes of at least 4 members (excludes halogenated alkanes) is 1. The molecular formula is C20H44N4. The van der Waals surface area contributed by atoms with Crippen LogP contribution in [0.4, 0.5) is 0 Å². The zero-order chi connectivity index (χ0) is 18.1. The zero-order valence-electron chi connectivity index (χ0n) is 17.4. The lowest BCUT2D eigenvalue weighted by atomic mass is 10.1. The molecule has 0 aromatic heterocycles. The van der Waals surface area contributed by atoms with E-state index in [1.165, 1.54) is 52.0 Å². The van der Waals surface area contributed by atoms with Crippen LogP contribution in [0, 0.1) is 0 Å². The van der Waals surface area contributed by atoms with E-state index >= 15 is 0 Å². The number of nitrogens with zero attached hydrogens (tertiary/aromatic N) is 2. The summed E-state index contributed by atoms with van der Waals surface area (Å²) in [6, 6.07) is 3.40. The van der Waals surface area contributed by atoms with E-state index < -0.39 is 0 Å². The number of piperazine rings is 2. The normalized spacial score (nSPS) is 33.6. The lowest BCUT2D eigenvalue weighted by Crippen LogP contribution is -2.56. The van der Waals surface area contributed by atoms with Crippen LogP contribution in [0.25, 0.3) is 0 Å². The molecule has 0 bridgehead atoms. The summed E-state index contributed by atoms with van der Waals surface area (Å²) in [7, 11) is 0. The lowest BCUT2D eigenvalue weighted by Gasteiger charge is -2.39. The van der Waals surface area contributed by atoms with E-state index in [0.717, 1.165) is 6.04 Å². The molecule has 2 fully saturated rings. The summed E-state index contributed by atoms with van der Waals surface area (Å²) in [5, 5.41) is 7.09. The van der Waals surface area contributed by atoms with Crippen LogP contribution in [0.3, 0.4) is 0 Å². The van der Waals surface area contributed by atoms with E-state index in [-0.39, 0.29) is 0 Å². The highest BCUT2D eigenvalue weighted by Crippen LogP contribution is 2.10. The average Bonchev–Trinajstić information content (AvgIpc) is 2.51. The SMILES string of the molecule is CCC(C)N1CC(C)NC(C)C1.CCCCN1CC(C)NC(C)C1. The molecule has 0 saturated carbocycles. The zero-order valence-corrected chi connectivity index (χ0v) is 17.4. The molecule has 5 unspecified atom stereocenters. The summed E-state index contributed by atoms with van der Waals surface area (Å²) < 4.78 is 0. The molecule has 5 atom stereocenters. The summed E-state index contributed by atoms with van der Waals surface area (Å²) in [5.74, 6) is 0. The van der Waals surface area contributed by atoms with Crippen LogP contribution in [-0.4, -0.2) is 72.7 Å². The second-order valence-corrected chi connectivity index (χ2v) is 8.26. The van der Waals surface area contributed by atoms with E-state index in [1.54, 1.807) is 0 Å². The summed E-state index contributed by atoms with van der Waals surface area (Å²) in [6.07, 6.45) is 3.92. The Bertz CT molecular complexity index is 303. The van der Waals surface area contributed by atoms with Gasteiger partial charge in [0.2, 0.25) is 0 Å². The van der Waals surface area contributed by atoms with E-state index in [9.17, 15) is 0 Å². The van der Waals surface area contributed by atoms with Gasteiger partial charge in [-0.1, -0.05) is 20.3 Å². The maximum atomic E-state index is 3.55. The second kappa shape index (κ2) is 11.5. The number of rotatable bonds is 5. The Morgan fingerprint density at radius 1 is 0.833 bits per heavy atom. The van der Waals surface area contributed by atoms with Gasteiger partial charge in [0.25, 0.3) is 0 Å². The minimum absolute atomic E-state index is 0.655. The Kier molecular flexibility index (Phi) is 10.4. The van der Waals surface area contributed by atoms with E-state index in [4.69, 9.17) is 0 Å². The largest absolute Gasteiger partial charge is 0.309 e. The van der Waals surface area contributed by atoms with Gasteiger partial charge in [-0.25, -0.2) is 0 Å². The Labute approximate surface area is 151 Å². The van der Waals surface area contributed by atoms with Gasteiger partial charge in [0.1, 0.15) is 0 Å². The third kappa shape index (κ3) is 8.28. The average molecular weight is 341 g/mol. The highest BCUT2D eigenvalue weighted by Gasteiger charge is 2.23. The molecule has 2 aliphatic heterocycles. The first-order valence-corrected chi connectivity index (χ1v) is 10.3. The van der Waals surface area contributed by atoms with Crippen molar-refractivity contribution in [2.75, 3.05) is 32.7 Å². The molecule has 2 saturated heterocycles. The van der Waals surface area contributed by atoms with Gasteiger partial charge in [0.15, 0.2) is 0 Å². The van der Waals surface area contributed by atoms with Gasteiger partial charge in [-0.2, -0.15) is 0 Å². The van der Waals surface area contributed by atoms with Gasteiger partial charge >= 0.3 is 0 Å². The molecular weight excluding hydrogens is 296 g/mol. The van der Waals surface area contributed by atoms with Crippen molar-refractivity contribution in [1.29, 1.82) is 0 Å². The van der Waals surface area contributed by atoms with E-state index in [2.05, 4.69) is 68.9 Å². The molecule has 0 spiro atoms. The standard InChI is InChI=1S/2C10H22N2/c1-5-10(4)12-6-8(2)11-9(3)7-12;1-4-5-6-12-7-9(2)11-10(3)8-12/h8-11H,5-7H2,1-4H3;9-11H,4-8H2,1-3H3. The minimum atomic E-state index is 0.655. The first-order chi connectivity index (χ1) is 11.3. The van der Waals surface area contributed by atoms with Crippen molar-refractivity contribution in [3.63, 3.8) is 0 Å². The number of nitrogens with one attached hydrogen (secondary N) is 2. The summed E-state index contributed by atoms with van der Waals surface area (Å²) >= 11 is 0. The summed E-state index contributed by atoms with van der Waals surface area (Å²) in [6.45, 7) is 22.1. The summed E-state index contributed by atoms with van der Waals surface area (Å²) in [5.41, 5.74) is 0. The van der Waals surface area contributed by atoms with E-state index in [1.807, 2.05) is 0 Å². The van der Waals surface area contributed by atoms with Crippen molar-refractivity contribution in [2.45, 2.75) is 97.9 Å². The quantitative estimate of drug-likeness (QED) is 0.805. The minimum Gasteiger partial charge on any atom is -0.309 e. The van der Waals surface area contributed by atoms with Gasteiger partial charge < -0.3 is 15.5 Å². The van der Waals surface area contributed by atoms with Gasteiger partial charge in [-0.05, 0) is 54.0 Å². The van der Waals surface area contributed by atoms with Gasteiger partial charge in [-0.3, -0.25) is 4.90 Å². The monoisotopic (exact) mass is 340 g/mol. The van der Waals surface area contributed by atoms with Gasteiger partial charge in [-0.15, -0.1) is 0 Å². The molecule has 0 aromatic rings. The first-order valence-electron chi connectivity index (χ1n) is 10.3. The Hall–Kier alpha value is -0.160. The Morgan fingerprint density at radius 3 is 1.71 bits per heavy atom. The Morgan fingerprint density at radius 2 is 1.29 bits per heavy atom. The van der Waals surface area contributed by atoms with Crippen LogP contribution < -0.4 is 10.6 Å². The van der Waals surface area contributed by atoms with Crippen LogP contribution in [0.15, 0.2) is 0 Å². The van der Waals surface area contributed by atoms with Crippen LogP contribution >= 0.6 is 0 Å². The number of hydrogen-bond donors (Lipinski definition) is 2. The lowest BCUT2D eigenvalue weighted by molar-refractivity contribution is 0.128. The molecule has 0 aliphatic carbocycles. The molecule has 144 valence electrons. The van der Waals surface area contributed by atoms with Gasteiger partial charge in [0.05, 0.1) is 0 Å². The van der Waals surface area contributed by atoms with Crippen LogP contribution in [0.1, 0.15) is 67.7 Å². The predicted octanol–water partition coefficient (Wildman–Crippen LogP) is 2.94. The molecule has 2 rings (SSSR count). The maximum Gasteiger partial charge on any atom is 0.0169 e. The van der Waals surface area contributed by atoms with Crippen molar-refractivity contribution in [3.8, 4) is 0 Å². The fourth-order valence-corrected chi connectivity index (χ4v) is 3.99. The molecule has 2 heterocycles. The molecule has 0 radical (unpaired) electrons. The third-order valence-electron chi connectivity index (χ3n) is 5.26. The molecule has 0 aromatic carbocycles. The number of hydrogen-bond acceptors (Lipinski definition) is 4. The maximum absolute atomic E-state index is 3.55. The molecule has 24 heavy (non-hydrogen) atoms. The van der Waals surface area contributed by atoms with E-state index in [0.29, 0.717) is 24.2 Å². The topological polar surface area (TPSA) is 30.5 Å². The predicted molar refractivity (Wildman–Crippen MR) is 107 cm³/mol. The van der Waals surface area contributed by atoms with Crippen LogP contribution in [0.5, 0.6) is 0 Å². The molecule has 2 aliphatic rings. The van der Waals surface area contributed by atoms with Crippen LogP contribution in [-0.2, 0) is 0 Å². The fraction of sp³-hybridized carbons (Fsp3) is 1.00. The van der Waals surface area contributed by atoms with Crippen molar-refractivity contribution < 1.29 is 0 Å².